The van der Waals surface area contributed by atoms with Gasteiger partial charge in [0.25, 0.3) is 0 Å². The SMILES string of the molecule is CC(C)(c1ccc(N(C=C(c2ccccc2)c2ccccc2)c2ccc3c(c2)C(C)(C)c2ccccc2-3)cc1)c1ccc(N(C=C(c2ccccc2)c2ccccc2)c2ccc3c(c2)C(C)(C)c2ccccc2-3)cc1. The molecule has 0 radical (unpaired) electrons. The van der Waals surface area contributed by atoms with Gasteiger partial charge < -0.3 is 9.80 Å². The number of rotatable bonds is 12. The van der Waals surface area contributed by atoms with Gasteiger partial charge in [-0.05, 0) is 126 Å². The molecule has 0 bridgehead atoms. The van der Waals surface area contributed by atoms with Crippen LogP contribution in [0, 0.1) is 0 Å². The van der Waals surface area contributed by atoms with Crippen molar-refractivity contribution >= 4 is 33.9 Å². The highest BCUT2D eigenvalue weighted by Gasteiger charge is 2.37. The molecular weight excluding hydrogens is 905 g/mol. The summed E-state index contributed by atoms with van der Waals surface area (Å²) in [6.07, 6.45) is 4.67. The molecule has 0 N–H and O–H groups in total. The van der Waals surface area contributed by atoms with E-state index in [2.05, 4.69) is 319 Å². The Morgan fingerprint density at radius 3 is 0.920 bits per heavy atom. The van der Waals surface area contributed by atoms with Crippen molar-refractivity contribution in [1.29, 1.82) is 0 Å². The Balaban J connectivity index is 0.931. The first-order chi connectivity index (χ1) is 36.5. The fourth-order valence-corrected chi connectivity index (χ4v) is 11.9. The van der Waals surface area contributed by atoms with E-state index in [1.54, 1.807) is 0 Å². The molecule has 0 saturated heterocycles. The quantitative estimate of drug-likeness (QED) is 0.120. The summed E-state index contributed by atoms with van der Waals surface area (Å²) in [6.45, 7) is 14.1. The molecule has 10 aromatic carbocycles. The third-order valence-corrected chi connectivity index (χ3v) is 16.3. The Hall–Kier alpha value is -8.72. The van der Waals surface area contributed by atoms with Crippen LogP contribution >= 0.6 is 0 Å². The van der Waals surface area contributed by atoms with Gasteiger partial charge in [0.2, 0.25) is 0 Å². The van der Waals surface area contributed by atoms with Crippen LogP contribution in [0.4, 0.5) is 22.7 Å². The minimum Gasteiger partial charge on any atom is -0.317 e. The molecule has 0 amide bonds. The normalized spacial score (nSPS) is 13.4. The second-order valence-corrected chi connectivity index (χ2v) is 21.8. The van der Waals surface area contributed by atoms with E-state index >= 15 is 0 Å². The zero-order valence-corrected chi connectivity index (χ0v) is 43.8. The Labute approximate surface area is 444 Å². The van der Waals surface area contributed by atoms with Crippen molar-refractivity contribution < 1.29 is 0 Å². The van der Waals surface area contributed by atoms with Gasteiger partial charge >= 0.3 is 0 Å². The van der Waals surface area contributed by atoms with Crippen molar-refractivity contribution in [2.45, 2.75) is 57.8 Å². The van der Waals surface area contributed by atoms with Gasteiger partial charge in [-0.15, -0.1) is 0 Å². The predicted molar refractivity (Wildman–Crippen MR) is 317 cm³/mol. The minimum absolute atomic E-state index is 0.132. The van der Waals surface area contributed by atoms with Gasteiger partial charge in [-0.2, -0.15) is 0 Å². The molecule has 2 aliphatic carbocycles. The zero-order chi connectivity index (χ0) is 51.3. The first-order valence-corrected chi connectivity index (χ1v) is 26.4. The van der Waals surface area contributed by atoms with E-state index in [-0.39, 0.29) is 16.2 Å². The van der Waals surface area contributed by atoms with E-state index in [9.17, 15) is 0 Å². The lowest BCUT2D eigenvalue weighted by Gasteiger charge is -2.30. The topological polar surface area (TPSA) is 6.48 Å². The van der Waals surface area contributed by atoms with Gasteiger partial charge in [0.15, 0.2) is 0 Å². The van der Waals surface area contributed by atoms with Crippen LogP contribution in [0.15, 0.2) is 267 Å². The van der Waals surface area contributed by atoms with E-state index in [1.165, 1.54) is 77.9 Å². The first kappa shape index (κ1) is 47.3. The van der Waals surface area contributed by atoms with Crippen LogP contribution in [0.5, 0.6) is 0 Å². The van der Waals surface area contributed by atoms with Gasteiger partial charge in [0, 0.05) is 62.5 Å². The maximum atomic E-state index is 2.42. The van der Waals surface area contributed by atoms with Crippen LogP contribution in [0.3, 0.4) is 0 Å². The van der Waals surface area contributed by atoms with Gasteiger partial charge in [-0.3, -0.25) is 0 Å². The highest BCUT2D eigenvalue weighted by atomic mass is 15.1. The van der Waals surface area contributed by atoms with E-state index in [4.69, 9.17) is 0 Å². The lowest BCUT2D eigenvalue weighted by molar-refractivity contribution is 0.641. The number of nitrogens with zero attached hydrogens (tertiary/aromatic N) is 2. The van der Waals surface area contributed by atoms with Crippen molar-refractivity contribution in [3.8, 4) is 22.3 Å². The molecule has 0 atom stereocenters. The summed E-state index contributed by atoms with van der Waals surface area (Å²) >= 11 is 0. The smallest absolute Gasteiger partial charge is 0.0459 e. The molecule has 0 fully saturated rings. The van der Waals surface area contributed by atoms with Gasteiger partial charge in [0.05, 0.1) is 0 Å². The fourth-order valence-electron chi connectivity index (χ4n) is 11.9. The number of hydrogen-bond donors (Lipinski definition) is 0. The zero-order valence-electron chi connectivity index (χ0n) is 43.8. The van der Waals surface area contributed by atoms with Crippen molar-refractivity contribution in [3.63, 3.8) is 0 Å². The van der Waals surface area contributed by atoms with Crippen LogP contribution in [0.2, 0.25) is 0 Å². The molecule has 12 rings (SSSR count). The predicted octanol–water partition coefficient (Wildman–Crippen LogP) is 19.1. The van der Waals surface area contributed by atoms with Crippen molar-refractivity contribution in [2.24, 2.45) is 0 Å². The summed E-state index contributed by atoms with van der Waals surface area (Å²) in [6, 6.07) is 93.5. The van der Waals surface area contributed by atoms with Crippen LogP contribution in [0.25, 0.3) is 33.4 Å². The molecule has 75 heavy (non-hydrogen) atoms. The molecule has 2 nitrogen and oxygen atoms in total. The summed E-state index contributed by atoms with van der Waals surface area (Å²) in [5.41, 5.74) is 24.0. The van der Waals surface area contributed by atoms with Crippen LogP contribution in [-0.2, 0) is 16.2 Å². The number of benzene rings is 10. The van der Waals surface area contributed by atoms with Crippen molar-refractivity contribution in [2.75, 3.05) is 9.80 Å². The van der Waals surface area contributed by atoms with Crippen LogP contribution in [0.1, 0.15) is 97.2 Å². The molecule has 0 saturated carbocycles. The second kappa shape index (κ2) is 19.0. The number of hydrogen-bond acceptors (Lipinski definition) is 2. The third-order valence-electron chi connectivity index (χ3n) is 16.3. The van der Waals surface area contributed by atoms with Crippen molar-refractivity contribution in [1.82, 2.24) is 0 Å². The average Bonchev–Trinajstić information content (AvgIpc) is 3.84. The average molecular weight is 967 g/mol. The molecule has 10 aromatic rings. The minimum atomic E-state index is -0.302. The van der Waals surface area contributed by atoms with Gasteiger partial charge in [-0.25, -0.2) is 0 Å². The highest BCUT2D eigenvalue weighted by molar-refractivity contribution is 5.89. The van der Waals surface area contributed by atoms with E-state index < -0.39 is 0 Å². The Kier molecular flexibility index (Phi) is 12.0. The molecule has 2 aliphatic rings. The number of anilines is 4. The van der Waals surface area contributed by atoms with Gasteiger partial charge in [0.1, 0.15) is 0 Å². The molecular formula is C73H62N2. The lowest BCUT2D eigenvalue weighted by Crippen LogP contribution is -2.20. The third kappa shape index (κ3) is 8.51. The molecule has 0 spiro atoms. The Morgan fingerprint density at radius 1 is 0.307 bits per heavy atom. The monoisotopic (exact) mass is 966 g/mol. The summed E-state index contributed by atoms with van der Waals surface area (Å²) < 4.78 is 0. The molecule has 364 valence electrons. The summed E-state index contributed by atoms with van der Waals surface area (Å²) in [4.78, 5) is 4.78. The molecule has 0 aliphatic heterocycles. The maximum Gasteiger partial charge on any atom is 0.0459 e. The Morgan fingerprint density at radius 2 is 0.587 bits per heavy atom. The van der Waals surface area contributed by atoms with Gasteiger partial charge in [-0.1, -0.05) is 248 Å². The van der Waals surface area contributed by atoms with Crippen LogP contribution < -0.4 is 9.80 Å². The second-order valence-electron chi connectivity index (χ2n) is 21.8. The molecule has 2 heteroatoms. The van der Waals surface area contributed by atoms with Crippen molar-refractivity contribution in [3.05, 3.63) is 323 Å². The Bertz CT molecular complexity index is 3420. The largest absolute Gasteiger partial charge is 0.317 e. The highest BCUT2D eigenvalue weighted by Crippen LogP contribution is 2.52. The van der Waals surface area contributed by atoms with Crippen LogP contribution in [-0.4, -0.2) is 0 Å². The summed E-state index contributed by atoms with van der Waals surface area (Å²) in [5, 5.41) is 0. The fraction of sp³-hybridized carbons (Fsp3) is 0.123. The molecule has 0 aromatic heterocycles. The van der Waals surface area contributed by atoms with E-state index in [0.717, 1.165) is 33.9 Å². The first-order valence-electron chi connectivity index (χ1n) is 26.4. The molecule has 0 unspecified atom stereocenters. The summed E-state index contributed by atoms with van der Waals surface area (Å²) in [7, 11) is 0. The standard InChI is InChI=1S/C73H62N2/c1-71(2,55-35-39-57(40-36-55)74(49-65(51-23-11-7-12-24-51)52-25-13-8-14-26-52)59-43-45-63-61-31-19-21-33-67(61)72(3,4)69(63)47-59)56-37-41-58(42-38-56)75(50-66(53-27-15-9-16-28-53)54-29-17-10-18-30-54)60-44-46-64-62-32-20-22-34-68(62)73(5,6)70(64)48-60/h7-50H,1-6H3. The maximum absolute atomic E-state index is 2.42. The number of fused-ring (bicyclic) bond motifs is 6. The van der Waals surface area contributed by atoms with E-state index in [0.29, 0.717) is 0 Å². The molecule has 0 heterocycles. The van der Waals surface area contributed by atoms with E-state index in [1.807, 2.05) is 0 Å². The lowest BCUT2D eigenvalue weighted by atomic mass is 9.78. The summed E-state index contributed by atoms with van der Waals surface area (Å²) in [5.74, 6) is 0.